The van der Waals surface area contributed by atoms with E-state index in [1.807, 2.05) is 0 Å². The molecule has 0 spiro atoms. The predicted molar refractivity (Wildman–Crippen MR) is 62.6 cm³/mol. The van der Waals surface area contributed by atoms with Crippen LogP contribution in [0.2, 0.25) is 5.02 Å². The highest BCUT2D eigenvalue weighted by Crippen LogP contribution is 2.25. The van der Waals surface area contributed by atoms with Crippen LogP contribution >= 0.6 is 11.6 Å². The van der Waals surface area contributed by atoms with Gasteiger partial charge in [0.25, 0.3) is 0 Å². The second kappa shape index (κ2) is 5.49. The molecule has 0 radical (unpaired) electrons. The molecule has 1 aromatic rings. The maximum Gasteiger partial charge on any atom is 0.171 e. The lowest BCUT2D eigenvalue weighted by Gasteiger charge is -2.11. The number of Topliss-reactive ketones (excluding diaryl/α,β-unsaturated/α-hetero) is 1. The number of ether oxygens (including phenoxy) is 3. The van der Waals surface area contributed by atoms with Gasteiger partial charge < -0.3 is 14.2 Å². The van der Waals surface area contributed by atoms with Gasteiger partial charge in [0.2, 0.25) is 0 Å². The van der Waals surface area contributed by atoms with Gasteiger partial charge in [-0.2, -0.15) is 0 Å². The molecule has 4 nitrogen and oxygen atoms in total. The molecular formula is C12H13ClO4. The van der Waals surface area contributed by atoms with E-state index in [1.165, 1.54) is 7.11 Å². The van der Waals surface area contributed by atoms with Crippen LogP contribution < -0.4 is 4.74 Å². The van der Waals surface area contributed by atoms with Crippen LogP contribution in [-0.4, -0.2) is 32.4 Å². The number of halogens is 1. The van der Waals surface area contributed by atoms with Crippen LogP contribution in [0, 0.1) is 0 Å². The first-order valence-electron chi connectivity index (χ1n) is 5.30. The summed E-state index contributed by atoms with van der Waals surface area (Å²) in [6.45, 7) is 1.06. The number of benzene rings is 1. The fraction of sp³-hybridized carbons (Fsp3) is 0.417. The Morgan fingerprint density at radius 3 is 2.82 bits per heavy atom. The first kappa shape index (κ1) is 12.4. The molecule has 0 amide bonds. The van der Waals surface area contributed by atoms with E-state index in [9.17, 15) is 4.79 Å². The molecule has 0 saturated carbocycles. The van der Waals surface area contributed by atoms with E-state index in [1.54, 1.807) is 18.2 Å². The molecule has 0 N–H and O–H groups in total. The highest BCUT2D eigenvalue weighted by Gasteiger charge is 2.22. The minimum absolute atomic E-state index is 0.101. The average molecular weight is 257 g/mol. The molecule has 0 atom stereocenters. The van der Waals surface area contributed by atoms with Gasteiger partial charge in [-0.3, -0.25) is 4.79 Å². The van der Waals surface area contributed by atoms with Crippen LogP contribution in [0.4, 0.5) is 0 Å². The second-order valence-electron chi connectivity index (χ2n) is 3.64. The van der Waals surface area contributed by atoms with Gasteiger partial charge in [-0.25, -0.2) is 0 Å². The van der Waals surface area contributed by atoms with Crippen LogP contribution in [0.25, 0.3) is 0 Å². The summed E-state index contributed by atoms with van der Waals surface area (Å²) >= 11 is 5.86. The molecule has 5 heteroatoms. The van der Waals surface area contributed by atoms with Crippen molar-refractivity contribution in [2.45, 2.75) is 12.7 Å². The van der Waals surface area contributed by atoms with Gasteiger partial charge in [-0.05, 0) is 18.2 Å². The fourth-order valence-corrected chi connectivity index (χ4v) is 1.86. The maximum absolute atomic E-state index is 12.0. The van der Waals surface area contributed by atoms with Crippen molar-refractivity contribution >= 4 is 17.4 Å². The molecule has 0 bridgehead atoms. The van der Waals surface area contributed by atoms with Crippen LogP contribution in [0.3, 0.4) is 0 Å². The number of hydrogen-bond acceptors (Lipinski definition) is 4. The molecule has 1 aliphatic heterocycles. The van der Waals surface area contributed by atoms with Crippen molar-refractivity contribution in [2.24, 2.45) is 0 Å². The van der Waals surface area contributed by atoms with Crippen molar-refractivity contribution in [3.05, 3.63) is 28.8 Å². The number of hydrogen-bond donors (Lipinski definition) is 0. The standard InChI is InChI=1S/C12H13ClO4/c1-15-11-3-2-8(13)6-9(11)10(14)7-12-16-4-5-17-12/h2-3,6,12H,4-5,7H2,1H3. The lowest BCUT2D eigenvalue weighted by Crippen LogP contribution is -2.15. The number of rotatable bonds is 4. The van der Waals surface area contributed by atoms with E-state index >= 15 is 0 Å². The first-order chi connectivity index (χ1) is 8.20. The van der Waals surface area contributed by atoms with E-state index < -0.39 is 6.29 Å². The van der Waals surface area contributed by atoms with Gasteiger partial charge in [0, 0.05) is 5.02 Å². The third-order valence-electron chi connectivity index (χ3n) is 2.50. The van der Waals surface area contributed by atoms with Gasteiger partial charge >= 0.3 is 0 Å². The molecule has 0 aliphatic carbocycles. The van der Waals surface area contributed by atoms with Crippen LogP contribution in [-0.2, 0) is 9.47 Å². The van der Waals surface area contributed by atoms with Crippen LogP contribution in [0.5, 0.6) is 5.75 Å². The zero-order valence-electron chi connectivity index (χ0n) is 9.44. The van der Waals surface area contributed by atoms with Gasteiger partial charge in [0.1, 0.15) is 5.75 Å². The zero-order valence-corrected chi connectivity index (χ0v) is 10.2. The van der Waals surface area contributed by atoms with E-state index in [0.29, 0.717) is 29.5 Å². The SMILES string of the molecule is COc1ccc(Cl)cc1C(=O)CC1OCCO1. The number of carbonyl (C=O) groups excluding carboxylic acids is 1. The van der Waals surface area contributed by atoms with Crippen molar-refractivity contribution in [2.75, 3.05) is 20.3 Å². The van der Waals surface area contributed by atoms with Crippen molar-refractivity contribution < 1.29 is 19.0 Å². The minimum atomic E-state index is -0.453. The molecule has 17 heavy (non-hydrogen) atoms. The second-order valence-corrected chi connectivity index (χ2v) is 4.08. The summed E-state index contributed by atoms with van der Waals surface area (Å²) in [5.41, 5.74) is 0.458. The van der Waals surface area contributed by atoms with E-state index in [-0.39, 0.29) is 12.2 Å². The highest BCUT2D eigenvalue weighted by molar-refractivity contribution is 6.31. The Morgan fingerprint density at radius 2 is 2.18 bits per heavy atom. The third-order valence-corrected chi connectivity index (χ3v) is 2.74. The smallest absolute Gasteiger partial charge is 0.171 e. The van der Waals surface area contributed by atoms with Crippen molar-refractivity contribution in [1.82, 2.24) is 0 Å². The molecule has 92 valence electrons. The number of carbonyl (C=O) groups is 1. The van der Waals surface area contributed by atoms with Crippen LogP contribution in [0.15, 0.2) is 18.2 Å². The van der Waals surface area contributed by atoms with Gasteiger partial charge in [-0.1, -0.05) is 11.6 Å². The summed E-state index contributed by atoms with van der Waals surface area (Å²) in [4.78, 5) is 12.0. The quantitative estimate of drug-likeness (QED) is 0.776. The maximum atomic E-state index is 12.0. The van der Waals surface area contributed by atoms with Crippen molar-refractivity contribution in [3.8, 4) is 5.75 Å². The Morgan fingerprint density at radius 1 is 1.47 bits per heavy atom. The Bertz CT molecular complexity index is 413. The molecular weight excluding hydrogens is 244 g/mol. The summed E-state index contributed by atoms with van der Waals surface area (Å²) in [5.74, 6) is 0.411. The Hall–Kier alpha value is -1.10. The van der Waals surface area contributed by atoms with Crippen LogP contribution in [0.1, 0.15) is 16.8 Å². The highest BCUT2D eigenvalue weighted by atomic mass is 35.5. The molecule has 0 aromatic heterocycles. The number of ketones is 1. The third kappa shape index (κ3) is 2.97. The minimum Gasteiger partial charge on any atom is -0.496 e. The zero-order chi connectivity index (χ0) is 12.3. The Kier molecular flexibility index (Phi) is 3.99. The molecule has 1 fully saturated rings. The van der Waals surface area contributed by atoms with Crippen molar-refractivity contribution in [1.29, 1.82) is 0 Å². The molecule has 1 heterocycles. The normalized spacial score (nSPS) is 16.1. The van der Waals surface area contributed by atoms with Gasteiger partial charge in [0.15, 0.2) is 12.1 Å². The van der Waals surface area contributed by atoms with Gasteiger partial charge in [0.05, 0.1) is 32.3 Å². The monoisotopic (exact) mass is 256 g/mol. The molecule has 2 rings (SSSR count). The predicted octanol–water partition coefficient (Wildman–Crippen LogP) is 2.29. The largest absolute Gasteiger partial charge is 0.496 e. The van der Waals surface area contributed by atoms with E-state index in [0.717, 1.165) is 0 Å². The number of methoxy groups -OCH3 is 1. The van der Waals surface area contributed by atoms with E-state index in [2.05, 4.69) is 0 Å². The molecule has 0 unspecified atom stereocenters. The summed E-state index contributed by atoms with van der Waals surface area (Å²) < 4.78 is 15.6. The lowest BCUT2D eigenvalue weighted by atomic mass is 10.1. The molecule has 1 aliphatic rings. The summed E-state index contributed by atoms with van der Waals surface area (Å²) in [5, 5.41) is 0.502. The average Bonchev–Trinajstić information content (AvgIpc) is 2.81. The summed E-state index contributed by atoms with van der Waals surface area (Å²) in [7, 11) is 1.52. The lowest BCUT2D eigenvalue weighted by molar-refractivity contribution is -0.0407. The molecule has 1 saturated heterocycles. The Balaban J connectivity index is 2.14. The summed E-state index contributed by atoms with van der Waals surface area (Å²) in [6, 6.07) is 4.95. The molecule has 1 aromatic carbocycles. The fourth-order valence-electron chi connectivity index (χ4n) is 1.68. The summed E-state index contributed by atoms with van der Waals surface area (Å²) in [6.07, 6.45) is -0.275. The van der Waals surface area contributed by atoms with E-state index in [4.69, 9.17) is 25.8 Å². The topological polar surface area (TPSA) is 44.8 Å². The first-order valence-corrected chi connectivity index (χ1v) is 5.68. The Labute approximate surface area is 104 Å². The van der Waals surface area contributed by atoms with Gasteiger partial charge in [-0.15, -0.1) is 0 Å². The van der Waals surface area contributed by atoms with Crippen molar-refractivity contribution in [3.63, 3.8) is 0 Å².